The first-order valence-electron chi connectivity index (χ1n) is 5.99. The number of nitrogens with one attached hydrogen (secondary N) is 1. The fourth-order valence-electron chi connectivity index (χ4n) is 2.25. The number of guanidine groups is 1. The molecule has 0 unspecified atom stereocenters. The summed E-state index contributed by atoms with van der Waals surface area (Å²) in [6, 6.07) is 6.55. The minimum Gasteiger partial charge on any atom is -0.370 e. The summed E-state index contributed by atoms with van der Waals surface area (Å²) in [5.74, 6) is 0.186. The number of hydrogen-bond acceptors (Lipinski definition) is 2. The van der Waals surface area contributed by atoms with Gasteiger partial charge in [0.2, 0.25) is 0 Å². The number of nitrogens with zero attached hydrogens (tertiary/aromatic N) is 2. The minimum absolute atomic E-state index is 0.186. The molecule has 0 bridgehead atoms. The van der Waals surface area contributed by atoms with E-state index in [0.717, 1.165) is 26.2 Å². The molecule has 1 aliphatic rings. The summed E-state index contributed by atoms with van der Waals surface area (Å²) in [5, 5.41) is 7.42. The van der Waals surface area contributed by atoms with Crippen molar-refractivity contribution in [2.45, 2.75) is 13.8 Å². The lowest BCUT2D eigenvalue weighted by atomic mass is 10.1. The molecule has 1 aromatic rings. The van der Waals surface area contributed by atoms with Crippen molar-refractivity contribution in [1.82, 2.24) is 4.90 Å². The monoisotopic (exact) mass is 232 g/mol. The van der Waals surface area contributed by atoms with Crippen LogP contribution in [0, 0.1) is 19.3 Å². The fourth-order valence-corrected chi connectivity index (χ4v) is 2.25. The molecule has 0 saturated carbocycles. The zero-order chi connectivity index (χ0) is 12.4. The molecule has 0 aliphatic carbocycles. The maximum absolute atomic E-state index is 7.42. The molecule has 0 atom stereocenters. The number of aryl methyl sites for hydroxylation is 2. The molecule has 0 spiro atoms. The van der Waals surface area contributed by atoms with Gasteiger partial charge in [-0.2, -0.15) is 0 Å². The molecule has 17 heavy (non-hydrogen) atoms. The molecular weight excluding hydrogens is 212 g/mol. The van der Waals surface area contributed by atoms with E-state index in [9.17, 15) is 0 Å². The Morgan fingerprint density at radius 3 is 2.41 bits per heavy atom. The van der Waals surface area contributed by atoms with Gasteiger partial charge in [0.25, 0.3) is 0 Å². The van der Waals surface area contributed by atoms with Crippen molar-refractivity contribution in [1.29, 1.82) is 5.41 Å². The number of hydrogen-bond donors (Lipinski definition) is 2. The van der Waals surface area contributed by atoms with Crippen LogP contribution in [0.5, 0.6) is 0 Å². The first-order valence-corrected chi connectivity index (χ1v) is 5.99. The van der Waals surface area contributed by atoms with Crippen LogP contribution >= 0.6 is 0 Å². The zero-order valence-electron chi connectivity index (χ0n) is 10.5. The normalized spacial score (nSPS) is 16.1. The van der Waals surface area contributed by atoms with Crippen molar-refractivity contribution in [3.8, 4) is 0 Å². The Bertz CT molecular complexity index is 419. The van der Waals surface area contributed by atoms with Gasteiger partial charge in [-0.3, -0.25) is 5.41 Å². The average Bonchev–Trinajstić information content (AvgIpc) is 2.32. The SMILES string of the molecule is Cc1ccc(C)c(N2CCN(C(=N)N)CC2)c1. The van der Waals surface area contributed by atoms with Crippen LogP contribution in [-0.2, 0) is 0 Å². The predicted octanol–water partition coefficient (Wildman–Crippen LogP) is 1.32. The summed E-state index contributed by atoms with van der Waals surface area (Å²) >= 11 is 0. The Morgan fingerprint density at radius 1 is 1.18 bits per heavy atom. The number of nitrogens with two attached hydrogens (primary N) is 1. The van der Waals surface area contributed by atoms with Crippen LogP contribution in [0.4, 0.5) is 5.69 Å². The van der Waals surface area contributed by atoms with Crippen molar-refractivity contribution in [3.63, 3.8) is 0 Å². The van der Waals surface area contributed by atoms with E-state index < -0.39 is 0 Å². The van der Waals surface area contributed by atoms with Crippen LogP contribution in [0.2, 0.25) is 0 Å². The number of benzene rings is 1. The summed E-state index contributed by atoms with van der Waals surface area (Å²) in [7, 11) is 0. The van der Waals surface area contributed by atoms with Gasteiger partial charge in [-0.15, -0.1) is 0 Å². The zero-order valence-corrected chi connectivity index (χ0v) is 10.5. The highest BCUT2D eigenvalue weighted by atomic mass is 15.3. The number of rotatable bonds is 1. The largest absolute Gasteiger partial charge is 0.370 e. The van der Waals surface area contributed by atoms with Crippen molar-refractivity contribution in [2.24, 2.45) is 5.73 Å². The van der Waals surface area contributed by atoms with Crippen LogP contribution in [0.3, 0.4) is 0 Å². The third-order valence-corrected chi connectivity index (χ3v) is 3.33. The Labute approximate surface area is 103 Å². The highest BCUT2D eigenvalue weighted by molar-refractivity contribution is 5.75. The maximum atomic E-state index is 7.42. The minimum atomic E-state index is 0.186. The van der Waals surface area contributed by atoms with E-state index in [1.54, 1.807) is 0 Å². The van der Waals surface area contributed by atoms with Crippen LogP contribution in [0.1, 0.15) is 11.1 Å². The second-order valence-corrected chi connectivity index (χ2v) is 4.65. The standard InChI is InChI=1S/C13H20N4/c1-10-3-4-11(2)12(9-10)16-5-7-17(8-6-16)13(14)15/h3-4,9H,5-8H2,1-2H3,(H3,14,15). The molecule has 0 amide bonds. The predicted molar refractivity (Wildman–Crippen MR) is 71.6 cm³/mol. The molecule has 1 saturated heterocycles. The summed E-state index contributed by atoms with van der Waals surface area (Å²) in [5.41, 5.74) is 9.41. The second-order valence-electron chi connectivity index (χ2n) is 4.65. The van der Waals surface area contributed by atoms with Gasteiger partial charge in [0.05, 0.1) is 0 Å². The quantitative estimate of drug-likeness (QED) is 0.567. The highest BCUT2D eigenvalue weighted by Gasteiger charge is 2.18. The Kier molecular flexibility index (Phi) is 3.22. The average molecular weight is 232 g/mol. The van der Waals surface area contributed by atoms with Gasteiger partial charge in [0, 0.05) is 31.9 Å². The summed E-state index contributed by atoms with van der Waals surface area (Å²) < 4.78 is 0. The molecule has 0 aromatic heterocycles. The maximum Gasteiger partial charge on any atom is 0.188 e. The molecule has 3 N–H and O–H groups in total. The third kappa shape index (κ3) is 2.52. The van der Waals surface area contributed by atoms with Crippen LogP contribution in [0.15, 0.2) is 18.2 Å². The Morgan fingerprint density at radius 2 is 1.82 bits per heavy atom. The van der Waals surface area contributed by atoms with Crippen LogP contribution in [0.25, 0.3) is 0 Å². The first kappa shape index (κ1) is 11.8. The topological polar surface area (TPSA) is 56.4 Å². The third-order valence-electron chi connectivity index (χ3n) is 3.33. The van der Waals surface area contributed by atoms with E-state index in [2.05, 4.69) is 36.9 Å². The van der Waals surface area contributed by atoms with Gasteiger partial charge in [-0.25, -0.2) is 0 Å². The molecular formula is C13H20N4. The molecule has 92 valence electrons. The summed E-state index contributed by atoms with van der Waals surface area (Å²) in [6.45, 7) is 7.81. The molecule has 1 aliphatic heterocycles. The Hall–Kier alpha value is -1.71. The first-order chi connectivity index (χ1) is 8.08. The second kappa shape index (κ2) is 4.65. The number of anilines is 1. The van der Waals surface area contributed by atoms with E-state index in [1.165, 1.54) is 16.8 Å². The molecule has 0 radical (unpaired) electrons. The molecule has 2 rings (SSSR count). The molecule has 1 fully saturated rings. The highest BCUT2D eigenvalue weighted by Crippen LogP contribution is 2.22. The van der Waals surface area contributed by atoms with Crippen molar-refractivity contribution < 1.29 is 0 Å². The van der Waals surface area contributed by atoms with Gasteiger partial charge in [-0.05, 0) is 31.0 Å². The lowest BCUT2D eigenvalue weighted by Crippen LogP contribution is -2.51. The van der Waals surface area contributed by atoms with Gasteiger partial charge in [0.1, 0.15) is 0 Å². The summed E-state index contributed by atoms with van der Waals surface area (Å²) in [6.07, 6.45) is 0. The van der Waals surface area contributed by atoms with E-state index >= 15 is 0 Å². The lowest BCUT2D eigenvalue weighted by Gasteiger charge is -2.37. The van der Waals surface area contributed by atoms with Crippen LogP contribution in [-0.4, -0.2) is 37.0 Å². The molecule has 4 heteroatoms. The van der Waals surface area contributed by atoms with E-state index in [0.29, 0.717) is 0 Å². The summed E-state index contributed by atoms with van der Waals surface area (Å²) in [4.78, 5) is 4.30. The van der Waals surface area contributed by atoms with Gasteiger partial charge < -0.3 is 15.5 Å². The fraction of sp³-hybridized carbons (Fsp3) is 0.462. The van der Waals surface area contributed by atoms with Gasteiger partial charge in [0.15, 0.2) is 5.96 Å². The lowest BCUT2D eigenvalue weighted by molar-refractivity contribution is 0.380. The van der Waals surface area contributed by atoms with E-state index in [1.807, 2.05) is 4.90 Å². The Balaban J connectivity index is 2.10. The van der Waals surface area contributed by atoms with Crippen LogP contribution < -0.4 is 10.6 Å². The van der Waals surface area contributed by atoms with E-state index in [4.69, 9.17) is 11.1 Å². The van der Waals surface area contributed by atoms with Crippen molar-refractivity contribution in [2.75, 3.05) is 31.1 Å². The smallest absolute Gasteiger partial charge is 0.188 e. The van der Waals surface area contributed by atoms with Gasteiger partial charge in [-0.1, -0.05) is 12.1 Å². The van der Waals surface area contributed by atoms with Crippen molar-refractivity contribution >= 4 is 11.6 Å². The van der Waals surface area contributed by atoms with E-state index in [-0.39, 0.29) is 5.96 Å². The number of piperazine rings is 1. The molecule has 4 nitrogen and oxygen atoms in total. The van der Waals surface area contributed by atoms with Crippen molar-refractivity contribution in [3.05, 3.63) is 29.3 Å². The molecule has 1 heterocycles. The van der Waals surface area contributed by atoms with Gasteiger partial charge >= 0.3 is 0 Å². The molecule has 1 aromatic carbocycles.